The number of aromatic hydroxyl groups is 3. The number of nitrogens with zero attached hydrogens (tertiary/aromatic N) is 1. The summed E-state index contributed by atoms with van der Waals surface area (Å²) in [6.07, 6.45) is 0. The molecule has 0 saturated heterocycles. The summed E-state index contributed by atoms with van der Waals surface area (Å²) in [5, 5.41) is 41.8. The van der Waals surface area contributed by atoms with E-state index in [9.17, 15) is 25.4 Å². The van der Waals surface area contributed by atoms with E-state index in [1.165, 1.54) is 30.3 Å². The van der Waals surface area contributed by atoms with E-state index >= 15 is 0 Å². The van der Waals surface area contributed by atoms with E-state index < -0.39 is 22.2 Å². The van der Waals surface area contributed by atoms with E-state index in [4.69, 9.17) is 0 Å². The predicted octanol–water partition coefficient (Wildman–Crippen LogP) is 2.32. The first-order chi connectivity index (χ1) is 9.49. The lowest BCUT2D eigenvalue weighted by Gasteiger charge is -2.09. The molecule has 2 rings (SSSR count). The normalized spacial score (nSPS) is 10.2. The topological polar surface area (TPSA) is 116 Å². The van der Waals surface area contributed by atoms with Gasteiger partial charge in [0, 0.05) is 29.9 Å². The average Bonchev–Trinajstić information content (AvgIpc) is 2.44. The summed E-state index contributed by atoms with van der Waals surface area (Å²) in [7, 11) is 0. The van der Waals surface area contributed by atoms with Gasteiger partial charge in [-0.3, -0.25) is 10.1 Å². The summed E-state index contributed by atoms with van der Waals surface area (Å²) < 4.78 is 0. The van der Waals surface area contributed by atoms with Gasteiger partial charge in [-0.05, 0) is 18.2 Å². The van der Waals surface area contributed by atoms with Gasteiger partial charge < -0.3 is 20.6 Å². The zero-order valence-corrected chi connectivity index (χ0v) is 10.3. The van der Waals surface area contributed by atoms with Crippen LogP contribution >= 0.6 is 0 Å². The second-order valence-corrected chi connectivity index (χ2v) is 4.10. The van der Waals surface area contributed by atoms with Gasteiger partial charge in [-0.15, -0.1) is 0 Å². The molecule has 0 atom stereocenters. The minimum absolute atomic E-state index is 0.0484. The average molecular weight is 276 g/mol. The quantitative estimate of drug-likeness (QED) is 0.387. The molecule has 0 aliphatic heterocycles. The molecule has 20 heavy (non-hydrogen) atoms. The minimum atomic E-state index is -0.594. The molecule has 104 valence electrons. The Bertz CT molecular complexity index is 657. The summed E-state index contributed by atoms with van der Waals surface area (Å²) in [4.78, 5) is 10.1. The highest BCUT2D eigenvalue weighted by atomic mass is 16.6. The molecule has 4 N–H and O–H groups in total. The van der Waals surface area contributed by atoms with Gasteiger partial charge in [-0.1, -0.05) is 6.07 Å². The van der Waals surface area contributed by atoms with Crippen molar-refractivity contribution in [3.8, 4) is 17.2 Å². The number of nitrogens with one attached hydrogen (secondary N) is 1. The van der Waals surface area contributed by atoms with Gasteiger partial charge in [0.1, 0.15) is 0 Å². The molecule has 0 saturated carbocycles. The lowest BCUT2D eigenvalue weighted by atomic mass is 10.1. The Kier molecular flexibility index (Phi) is 3.60. The van der Waals surface area contributed by atoms with Crippen LogP contribution in [0.15, 0.2) is 36.4 Å². The number of hydrogen-bond donors (Lipinski definition) is 4. The number of rotatable bonds is 4. The molecule has 7 heteroatoms. The maximum Gasteiger partial charge on any atom is 0.271 e. The van der Waals surface area contributed by atoms with Gasteiger partial charge in [-0.25, -0.2) is 0 Å². The fourth-order valence-corrected chi connectivity index (χ4v) is 1.68. The molecule has 0 spiro atoms. The monoisotopic (exact) mass is 276 g/mol. The molecule has 0 unspecified atom stereocenters. The van der Waals surface area contributed by atoms with Crippen LogP contribution in [0.5, 0.6) is 17.2 Å². The zero-order chi connectivity index (χ0) is 14.7. The molecule has 0 amide bonds. The maximum atomic E-state index is 10.6. The summed E-state index contributed by atoms with van der Waals surface area (Å²) >= 11 is 0. The highest BCUT2D eigenvalue weighted by Crippen LogP contribution is 2.37. The van der Waals surface area contributed by atoms with Crippen molar-refractivity contribution in [2.75, 3.05) is 5.32 Å². The second kappa shape index (κ2) is 5.35. The fourth-order valence-electron chi connectivity index (χ4n) is 1.68. The van der Waals surface area contributed by atoms with Crippen molar-refractivity contribution in [1.29, 1.82) is 0 Å². The van der Waals surface area contributed by atoms with Crippen LogP contribution in [0.25, 0.3) is 0 Å². The number of hydrogen-bond acceptors (Lipinski definition) is 6. The van der Waals surface area contributed by atoms with Crippen molar-refractivity contribution in [2.24, 2.45) is 0 Å². The number of nitro benzene ring substituents is 1. The second-order valence-electron chi connectivity index (χ2n) is 4.10. The third-order valence-electron chi connectivity index (χ3n) is 2.75. The minimum Gasteiger partial charge on any atom is -0.504 e. The van der Waals surface area contributed by atoms with Crippen LogP contribution in [0.2, 0.25) is 0 Å². The molecule has 0 heterocycles. The number of nitro groups is 1. The highest BCUT2D eigenvalue weighted by Gasteiger charge is 2.11. The molecule has 0 aliphatic carbocycles. The third kappa shape index (κ3) is 2.72. The van der Waals surface area contributed by atoms with Crippen molar-refractivity contribution < 1.29 is 20.2 Å². The van der Waals surface area contributed by atoms with E-state index in [1.54, 1.807) is 6.07 Å². The van der Waals surface area contributed by atoms with Crippen LogP contribution in [0.1, 0.15) is 5.56 Å². The van der Waals surface area contributed by atoms with Gasteiger partial charge in [0.15, 0.2) is 11.5 Å². The smallest absolute Gasteiger partial charge is 0.271 e. The van der Waals surface area contributed by atoms with Crippen LogP contribution in [-0.2, 0) is 6.54 Å². The van der Waals surface area contributed by atoms with E-state index in [1.807, 2.05) is 0 Å². The Morgan fingerprint density at radius 2 is 1.85 bits per heavy atom. The lowest BCUT2D eigenvalue weighted by Crippen LogP contribution is -2.00. The van der Waals surface area contributed by atoms with Crippen molar-refractivity contribution in [3.63, 3.8) is 0 Å². The Morgan fingerprint density at radius 3 is 2.55 bits per heavy atom. The van der Waals surface area contributed by atoms with Crippen LogP contribution in [0, 0.1) is 10.1 Å². The van der Waals surface area contributed by atoms with Crippen molar-refractivity contribution >= 4 is 11.4 Å². The molecule has 0 fully saturated rings. The van der Waals surface area contributed by atoms with Crippen LogP contribution in [-0.4, -0.2) is 20.2 Å². The fraction of sp³-hybridized carbons (Fsp3) is 0.0769. The van der Waals surface area contributed by atoms with Gasteiger partial charge in [0.05, 0.1) is 4.92 Å². The molecule has 0 radical (unpaired) electrons. The Balaban J connectivity index is 2.15. The first-order valence-electron chi connectivity index (χ1n) is 5.70. The van der Waals surface area contributed by atoms with Crippen molar-refractivity contribution in [3.05, 3.63) is 52.1 Å². The molecular weight excluding hydrogens is 264 g/mol. The van der Waals surface area contributed by atoms with Crippen molar-refractivity contribution in [1.82, 2.24) is 0 Å². The largest absolute Gasteiger partial charge is 0.504 e. The van der Waals surface area contributed by atoms with Gasteiger partial charge in [-0.2, -0.15) is 0 Å². The highest BCUT2D eigenvalue weighted by molar-refractivity contribution is 5.55. The van der Waals surface area contributed by atoms with E-state index in [-0.39, 0.29) is 12.2 Å². The lowest BCUT2D eigenvalue weighted by molar-refractivity contribution is -0.384. The third-order valence-corrected chi connectivity index (χ3v) is 2.75. The molecular formula is C13H12N2O5. The van der Waals surface area contributed by atoms with Gasteiger partial charge in [0.25, 0.3) is 5.69 Å². The van der Waals surface area contributed by atoms with E-state index in [0.717, 1.165) is 0 Å². The maximum absolute atomic E-state index is 10.6. The molecule has 7 nitrogen and oxygen atoms in total. The molecule has 0 aliphatic rings. The molecule has 2 aromatic carbocycles. The summed E-state index contributed by atoms with van der Waals surface area (Å²) in [5.41, 5.74) is 0.811. The SMILES string of the molecule is O=[N+]([O-])c1cccc(NCc2ccc(O)c(O)c2O)c1. The molecule has 0 bridgehead atoms. The number of non-ortho nitro benzene ring substituents is 1. The summed E-state index contributed by atoms with van der Waals surface area (Å²) in [6, 6.07) is 8.60. The number of anilines is 1. The van der Waals surface area contributed by atoms with Crippen LogP contribution in [0.3, 0.4) is 0 Å². The van der Waals surface area contributed by atoms with Gasteiger partial charge in [0.2, 0.25) is 5.75 Å². The van der Waals surface area contributed by atoms with Crippen molar-refractivity contribution in [2.45, 2.75) is 6.54 Å². The number of benzene rings is 2. The summed E-state index contributed by atoms with van der Waals surface area (Å²) in [5.74, 6) is -1.44. The van der Waals surface area contributed by atoms with E-state index in [0.29, 0.717) is 11.3 Å². The van der Waals surface area contributed by atoms with Crippen LogP contribution in [0.4, 0.5) is 11.4 Å². The van der Waals surface area contributed by atoms with Gasteiger partial charge >= 0.3 is 0 Å². The molecule has 2 aromatic rings. The first kappa shape index (κ1) is 13.5. The zero-order valence-electron chi connectivity index (χ0n) is 10.3. The van der Waals surface area contributed by atoms with E-state index in [2.05, 4.69) is 5.32 Å². The first-order valence-corrected chi connectivity index (χ1v) is 5.70. The Labute approximate surface area is 113 Å². The predicted molar refractivity (Wildman–Crippen MR) is 71.9 cm³/mol. The van der Waals surface area contributed by atoms with Crippen LogP contribution < -0.4 is 5.32 Å². The standard InChI is InChI=1S/C13H12N2O5/c16-11-5-4-8(12(17)13(11)18)7-14-9-2-1-3-10(6-9)15(19)20/h1-6,14,16-18H,7H2. The number of phenols is 3. The summed E-state index contributed by atoms with van der Waals surface area (Å²) in [6.45, 7) is 0.140. The Hall–Kier alpha value is -2.96. The Morgan fingerprint density at radius 1 is 1.10 bits per heavy atom. The number of phenolic OH excluding ortho intramolecular Hbond substituents is 3. The molecule has 0 aromatic heterocycles.